The molecule has 1 aliphatic rings. The fourth-order valence-electron chi connectivity index (χ4n) is 3.36. The van der Waals surface area contributed by atoms with Crippen LogP contribution in [0, 0.1) is 12.8 Å². The zero-order valence-corrected chi connectivity index (χ0v) is 16.1. The highest BCUT2D eigenvalue weighted by Crippen LogP contribution is 2.23. The molecule has 0 bridgehead atoms. The third-order valence-electron chi connectivity index (χ3n) is 4.86. The molecule has 1 fully saturated rings. The predicted octanol–water partition coefficient (Wildman–Crippen LogP) is 2.34. The number of hydrogen-bond acceptors (Lipinski definition) is 4. The van der Waals surface area contributed by atoms with Crippen LogP contribution in [-0.4, -0.2) is 42.2 Å². The summed E-state index contributed by atoms with van der Waals surface area (Å²) in [5.74, 6) is 0.638. The second kappa shape index (κ2) is 7.61. The Morgan fingerprint density at radius 1 is 1.31 bits per heavy atom. The molecule has 1 aromatic carbocycles. The number of amides is 1. The van der Waals surface area contributed by atoms with Crippen molar-refractivity contribution in [2.45, 2.75) is 26.2 Å². The van der Waals surface area contributed by atoms with Crippen molar-refractivity contribution in [1.29, 1.82) is 0 Å². The van der Waals surface area contributed by atoms with Crippen LogP contribution in [0.2, 0.25) is 0 Å². The summed E-state index contributed by atoms with van der Waals surface area (Å²) in [6.45, 7) is 2.57. The first-order valence-corrected chi connectivity index (χ1v) is 10.8. The number of aryl methyl sites for hydroxylation is 2. The largest absolute Gasteiger partial charge is 0.351 e. The lowest BCUT2D eigenvalue weighted by Crippen LogP contribution is -2.25. The van der Waals surface area contributed by atoms with Gasteiger partial charge < -0.3 is 5.32 Å². The molecule has 140 valence electrons. The molecule has 2 aromatic rings. The third kappa shape index (κ3) is 4.52. The summed E-state index contributed by atoms with van der Waals surface area (Å²) in [5, 5.41) is 7.19. The van der Waals surface area contributed by atoms with Gasteiger partial charge in [0, 0.05) is 13.6 Å². The van der Waals surface area contributed by atoms with Gasteiger partial charge in [-0.25, -0.2) is 8.42 Å². The van der Waals surface area contributed by atoms with Crippen molar-refractivity contribution in [3.8, 4) is 11.3 Å². The summed E-state index contributed by atoms with van der Waals surface area (Å²) >= 11 is 0. The first kappa shape index (κ1) is 18.6. The number of hydrogen-bond donors (Lipinski definition) is 1. The number of nitrogens with one attached hydrogen (secondary N) is 1. The van der Waals surface area contributed by atoms with Crippen molar-refractivity contribution in [3.63, 3.8) is 0 Å². The lowest BCUT2D eigenvalue weighted by atomic mass is 10.0. The van der Waals surface area contributed by atoms with Crippen LogP contribution in [0.25, 0.3) is 11.3 Å². The van der Waals surface area contributed by atoms with Crippen molar-refractivity contribution >= 4 is 15.7 Å². The number of carbonyl (C=O) groups excluding carboxylic acids is 1. The van der Waals surface area contributed by atoms with Gasteiger partial charge in [-0.1, -0.05) is 29.8 Å². The minimum absolute atomic E-state index is 0.196. The van der Waals surface area contributed by atoms with Gasteiger partial charge in [0.15, 0.2) is 15.5 Å². The van der Waals surface area contributed by atoms with Crippen molar-refractivity contribution in [2.75, 3.05) is 18.1 Å². The van der Waals surface area contributed by atoms with Gasteiger partial charge in [0.2, 0.25) is 0 Å². The van der Waals surface area contributed by atoms with E-state index in [9.17, 15) is 13.2 Å². The molecule has 1 saturated heterocycles. The summed E-state index contributed by atoms with van der Waals surface area (Å²) in [6, 6.07) is 9.90. The van der Waals surface area contributed by atoms with Gasteiger partial charge in [0.1, 0.15) is 0 Å². The van der Waals surface area contributed by atoms with Crippen LogP contribution in [0.3, 0.4) is 0 Å². The zero-order valence-electron chi connectivity index (χ0n) is 15.2. The second-order valence-electron chi connectivity index (χ2n) is 7.07. The van der Waals surface area contributed by atoms with Crippen molar-refractivity contribution in [1.82, 2.24) is 15.1 Å². The van der Waals surface area contributed by atoms with E-state index in [1.807, 2.05) is 38.2 Å². The van der Waals surface area contributed by atoms with Gasteiger partial charge in [-0.15, -0.1) is 0 Å². The molecule has 0 spiro atoms. The fraction of sp³-hybridized carbons (Fsp3) is 0.474. The van der Waals surface area contributed by atoms with E-state index < -0.39 is 9.84 Å². The molecule has 0 radical (unpaired) electrons. The Morgan fingerprint density at radius 2 is 2.04 bits per heavy atom. The lowest BCUT2D eigenvalue weighted by Gasteiger charge is -2.07. The number of aromatic nitrogens is 2. The number of benzene rings is 1. The van der Waals surface area contributed by atoms with Crippen molar-refractivity contribution in [3.05, 3.63) is 41.6 Å². The van der Waals surface area contributed by atoms with Gasteiger partial charge in [-0.05, 0) is 43.7 Å². The number of carbonyl (C=O) groups is 1. The molecule has 1 aromatic heterocycles. The SMILES string of the molecule is Cc1ccc(-c2cc(C(=O)NCCCC3CCS(=O)(=O)C3)nn2C)cc1. The van der Waals surface area contributed by atoms with Gasteiger partial charge in [-0.3, -0.25) is 9.48 Å². The Bertz CT molecular complexity index is 885. The van der Waals surface area contributed by atoms with Crippen molar-refractivity contribution < 1.29 is 13.2 Å². The molecule has 1 amide bonds. The van der Waals surface area contributed by atoms with E-state index in [2.05, 4.69) is 10.4 Å². The normalized spacial score (nSPS) is 18.8. The second-order valence-corrected chi connectivity index (χ2v) is 9.30. The van der Waals surface area contributed by atoms with Gasteiger partial charge in [0.25, 0.3) is 5.91 Å². The molecule has 1 aliphatic heterocycles. The van der Waals surface area contributed by atoms with Gasteiger partial charge >= 0.3 is 0 Å². The maximum Gasteiger partial charge on any atom is 0.271 e. The molecule has 6 nitrogen and oxygen atoms in total. The molecule has 1 unspecified atom stereocenters. The Labute approximate surface area is 154 Å². The van der Waals surface area contributed by atoms with E-state index in [4.69, 9.17) is 0 Å². The lowest BCUT2D eigenvalue weighted by molar-refractivity contribution is 0.0947. The zero-order chi connectivity index (χ0) is 18.7. The molecule has 3 rings (SSSR count). The quantitative estimate of drug-likeness (QED) is 0.786. The number of sulfone groups is 1. The minimum Gasteiger partial charge on any atom is -0.351 e. The molecule has 0 saturated carbocycles. The Kier molecular flexibility index (Phi) is 5.46. The minimum atomic E-state index is -2.82. The van der Waals surface area contributed by atoms with E-state index in [0.717, 1.165) is 30.5 Å². The molecule has 26 heavy (non-hydrogen) atoms. The maximum absolute atomic E-state index is 12.3. The topological polar surface area (TPSA) is 81.1 Å². The van der Waals surface area contributed by atoms with Crippen LogP contribution >= 0.6 is 0 Å². The fourth-order valence-corrected chi connectivity index (χ4v) is 5.27. The van der Waals surface area contributed by atoms with E-state index in [0.29, 0.717) is 23.7 Å². The van der Waals surface area contributed by atoms with Crippen molar-refractivity contribution in [2.24, 2.45) is 13.0 Å². The third-order valence-corrected chi connectivity index (χ3v) is 6.70. The average Bonchev–Trinajstić information content (AvgIpc) is 3.14. The average molecular weight is 375 g/mol. The Morgan fingerprint density at radius 3 is 2.69 bits per heavy atom. The first-order chi connectivity index (χ1) is 12.3. The molecular formula is C19H25N3O3S. The van der Waals surface area contributed by atoms with Crippen LogP contribution in [0.1, 0.15) is 35.3 Å². The Hall–Kier alpha value is -2.15. The standard InChI is InChI=1S/C19H25N3O3S/c1-14-5-7-16(8-6-14)18-12-17(21-22(18)2)19(23)20-10-3-4-15-9-11-26(24,25)13-15/h5-8,12,15H,3-4,9-11,13H2,1-2H3,(H,20,23). The Balaban J connectivity index is 1.52. The predicted molar refractivity (Wildman–Crippen MR) is 102 cm³/mol. The molecular weight excluding hydrogens is 350 g/mol. The van der Waals surface area contributed by atoms with Crippen LogP contribution in [-0.2, 0) is 16.9 Å². The smallest absolute Gasteiger partial charge is 0.271 e. The maximum atomic E-state index is 12.3. The van der Waals surface area contributed by atoms with Gasteiger partial charge in [-0.2, -0.15) is 5.10 Å². The number of nitrogens with zero attached hydrogens (tertiary/aromatic N) is 2. The van der Waals surface area contributed by atoms with Crippen LogP contribution in [0.4, 0.5) is 0 Å². The molecule has 1 atom stereocenters. The van der Waals surface area contributed by atoms with E-state index in [-0.39, 0.29) is 11.8 Å². The molecule has 0 aliphatic carbocycles. The van der Waals surface area contributed by atoms with E-state index in [1.54, 1.807) is 10.7 Å². The summed E-state index contributed by atoms with van der Waals surface area (Å²) < 4.78 is 24.6. The summed E-state index contributed by atoms with van der Waals surface area (Å²) in [6.07, 6.45) is 2.36. The highest BCUT2D eigenvalue weighted by molar-refractivity contribution is 7.91. The molecule has 7 heteroatoms. The highest BCUT2D eigenvalue weighted by atomic mass is 32.2. The summed E-state index contributed by atoms with van der Waals surface area (Å²) in [4.78, 5) is 12.3. The van der Waals surface area contributed by atoms with Crippen LogP contribution in [0.5, 0.6) is 0 Å². The number of rotatable bonds is 6. The van der Waals surface area contributed by atoms with Crippen LogP contribution < -0.4 is 5.32 Å². The first-order valence-electron chi connectivity index (χ1n) is 8.94. The van der Waals surface area contributed by atoms with E-state index in [1.165, 1.54) is 5.56 Å². The van der Waals surface area contributed by atoms with E-state index >= 15 is 0 Å². The summed E-state index contributed by atoms with van der Waals surface area (Å²) in [7, 11) is -0.997. The summed E-state index contributed by atoms with van der Waals surface area (Å²) in [5.41, 5.74) is 3.49. The van der Waals surface area contributed by atoms with Gasteiger partial charge in [0.05, 0.1) is 17.2 Å². The molecule has 1 N–H and O–H groups in total. The monoisotopic (exact) mass is 375 g/mol. The van der Waals surface area contributed by atoms with Crippen LogP contribution in [0.15, 0.2) is 30.3 Å². The molecule has 2 heterocycles. The highest BCUT2D eigenvalue weighted by Gasteiger charge is 2.27.